The molecule has 1 aromatic rings. The maximum atomic E-state index is 12.5. The molecule has 0 atom stereocenters. The van der Waals surface area contributed by atoms with E-state index in [1.165, 1.54) is 0 Å². The van der Waals surface area contributed by atoms with E-state index in [0.29, 0.717) is 5.56 Å². The van der Waals surface area contributed by atoms with Crippen LogP contribution in [0.3, 0.4) is 0 Å². The SMILES string of the molecule is CCCNc1cc(C)ccc1C(=O)NN1CCN(C)CC1. The van der Waals surface area contributed by atoms with E-state index in [9.17, 15) is 4.79 Å². The minimum absolute atomic E-state index is 0.0295. The molecule has 1 aromatic carbocycles. The molecule has 1 heterocycles. The van der Waals surface area contributed by atoms with Gasteiger partial charge in [0, 0.05) is 38.4 Å². The molecule has 1 amide bonds. The van der Waals surface area contributed by atoms with E-state index in [1.807, 2.05) is 30.1 Å². The Hall–Kier alpha value is -1.59. The number of carbonyl (C=O) groups is 1. The van der Waals surface area contributed by atoms with Crippen molar-refractivity contribution in [2.75, 3.05) is 45.1 Å². The molecule has 2 N–H and O–H groups in total. The highest BCUT2D eigenvalue weighted by atomic mass is 16.2. The molecule has 0 saturated carbocycles. The molecule has 21 heavy (non-hydrogen) atoms. The highest BCUT2D eigenvalue weighted by Gasteiger charge is 2.18. The number of nitrogens with one attached hydrogen (secondary N) is 2. The third-order valence-corrected chi connectivity index (χ3v) is 3.75. The molecule has 0 bridgehead atoms. The van der Waals surface area contributed by atoms with Crippen LogP contribution in [0.15, 0.2) is 18.2 Å². The second-order valence-electron chi connectivity index (χ2n) is 5.71. The number of hydrogen-bond donors (Lipinski definition) is 2. The largest absolute Gasteiger partial charge is 0.384 e. The summed E-state index contributed by atoms with van der Waals surface area (Å²) in [6.45, 7) is 8.73. The van der Waals surface area contributed by atoms with Crippen LogP contribution >= 0.6 is 0 Å². The summed E-state index contributed by atoms with van der Waals surface area (Å²) in [5, 5.41) is 5.35. The maximum Gasteiger partial charge on any atom is 0.267 e. The Kier molecular flexibility index (Phi) is 5.59. The molecule has 0 radical (unpaired) electrons. The van der Waals surface area contributed by atoms with Gasteiger partial charge in [-0.2, -0.15) is 0 Å². The Morgan fingerprint density at radius 1 is 1.24 bits per heavy atom. The molecule has 0 unspecified atom stereocenters. The first-order valence-electron chi connectivity index (χ1n) is 7.69. The fourth-order valence-corrected chi connectivity index (χ4v) is 2.38. The highest BCUT2D eigenvalue weighted by molar-refractivity contribution is 5.99. The second-order valence-corrected chi connectivity index (χ2v) is 5.71. The molecule has 116 valence electrons. The molecule has 5 nitrogen and oxygen atoms in total. The zero-order chi connectivity index (χ0) is 15.2. The van der Waals surface area contributed by atoms with E-state index in [2.05, 4.69) is 29.6 Å². The average molecular weight is 290 g/mol. The van der Waals surface area contributed by atoms with Crippen molar-refractivity contribution in [1.82, 2.24) is 15.3 Å². The topological polar surface area (TPSA) is 47.6 Å². The Labute approximate surface area is 127 Å². The monoisotopic (exact) mass is 290 g/mol. The van der Waals surface area contributed by atoms with Crippen LogP contribution in [0.4, 0.5) is 5.69 Å². The number of hydrazine groups is 1. The quantitative estimate of drug-likeness (QED) is 0.867. The third kappa shape index (κ3) is 4.44. The van der Waals surface area contributed by atoms with E-state index in [0.717, 1.165) is 50.4 Å². The predicted molar refractivity (Wildman–Crippen MR) is 86.5 cm³/mol. The van der Waals surface area contributed by atoms with Crippen LogP contribution in [0.1, 0.15) is 29.3 Å². The van der Waals surface area contributed by atoms with E-state index in [-0.39, 0.29) is 5.91 Å². The zero-order valence-corrected chi connectivity index (χ0v) is 13.3. The molecule has 1 fully saturated rings. The third-order valence-electron chi connectivity index (χ3n) is 3.75. The molecule has 0 aromatic heterocycles. The van der Waals surface area contributed by atoms with Crippen LogP contribution in [-0.2, 0) is 0 Å². The van der Waals surface area contributed by atoms with Gasteiger partial charge in [-0.15, -0.1) is 0 Å². The van der Waals surface area contributed by atoms with Gasteiger partial charge in [0.15, 0.2) is 0 Å². The van der Waals surface area contributed by atoms with E-state index < -0.39 is 0 Å². The van der Waals surface area contributed by atoms with Crippen molar-refractivity contribution in [3.05, 3.63) is 29.3 Å². The molecule has 1 aliphatic rings. The summed E-state index contributed by atoms with van der Waals surface area (Å²) in [6.07, 6.45) is 1.04. The lowest BCUT2D eigenvalue weighted by molar-refractivity contribution is 0.0663. The lowest BCUT2D eigenvalue weighted by Crippen LogP contribution is -2.52. The molecular formula is C16H26N4O. The Morgan fingerprint density at radius 3 is 2.62 bits per heavy atom. The fourth-order valence-electron chi connectivity index (χ4n) is 2.38. The molecule has 2 rings (SSSR count). The Morgan fingerprint density at radius 2 is 1.95 bits per heavy atom. The number of benzene rings is 1. The Balaban J connectivity index is 2.04. The molecule has 1 saturated heterocycles. The molecule has 5 heteroatoms. The Bertz CT molecular complexity index is 481. The first-order chi connectivity index (χ1) is 10.1. The van der Waals surface area contributed by atoms with Crippen LogP contribution in [0.5, 0.6) is 0 Å². The first kappa shape index (κ1) is 15.8. The van der Waals surface area contributed by atoms with Crippen molar-refractivity contribution >= 4 is 11.6 Å². The van der Waals surface area contributed by atoms with E-state index in [4.69, 9.17) is 0 Å². The van der Waals surface area contributed by atoms with Crippen LogP contribution in [0, 0.1) is 6.92 Å². The van der Waals surface area contributed by atoms with Crippen LogP contribution in [0.2, 0.25) is 0 Å². The number of anilines is 1. The van der Waals surface area contributed by atoms with Gasteiger partial charge in [-0.1, -0.05) is 13.0 Å². The number of aryl methyl sites for hydroxylation is 1. The first-order valence-corrected chi connectivity index (χ1v) is 7.69. The van der Waals surface area contributed by atoms with Crippen LogP contribution in [-0.4, -0.2) is 55.6 Å². The summed E-state index contributed by atoms with van der Waals surface area (Å²) in [7, 11) is 2.10. The standard InChI is InChI=1S/C16H26N4O/c1-4-7-17-15-12-13(2)5-6-14(15)16(21)18-20-10-8-19(3)9-11-20/h5-6,12,17H,4,7-11H2,1-3H3,(H,18,21). The van der Waals surface area contributed by atoms with Crippen LogP contribution in [0.25, 0.3) is 0 Å². The zero-order valence-electron chi connectivity index (χ0n) is 13.3. The molecule has 1 aliphatic heterocycles. The highest BCUT2D eigenvalue weighted by Crippen LogP contribution is 2.18. The summed E-state index contributed by atoms with van der Waals surface area (Å²) >= 11 is 0. The maximum absolute atomic E-state index is 12.5. The molecule has 0 aliphatic carbocycles. The van der Waals surface area contributed by atoms with Gasteiger partial charge in [0.05, 0.1) is 5.56 Å². The number of rotatable bonds is 5. The molecule has 0 spiro atoms. The van der Waals surface area contributed by atoms with Crippen LogP contribution < -0.4 is 10.7 Å². The van der Waals surface area contributed by atoms with Gasteiger partial charge in [0.1, 0.15) is 0 Å². The van der Waals surface area contributed by atoms with Gasteiger partial charge in [0.25, 0.3) is 5.91 Å². The number of likely N-dealkylation sites (N-methyl/N-ethyl adjacent to an activating group) is 1. The fraction of sp³-hybridized carbons (Fsp3) is 0.562. The lowest BCUT2D eigenvalue weighted by Gasteiger charge is -2.32. The second kappa shape index (κ2) is 7.43. The van der Waals surface area contributed by atoms with Gasteiger partial charge in [-0.05, 0) is 38.1 Å². The van der Waals surface area contributed by atoms with E-state index in [1.54, 1.807) is 0 Å². The van der Waals surface area contributed by atoms with Gasteiger partial charge >= 0.3 is 0 Å². The number of carbonyl (C=O) groups excluding carboxylic acids is 1. The number of amides is 1. The summed E-state index contributed by atoms with van der Waals surface area (Å²) in [6, 6.07) is 5.92. The van der Waals surface area contributed by atoms with Crippen molar-refractivity contribution in [3.63, 3.8) is 0 Å². The summed E-state index contributed by atoms with van der Waals surface area (Å²) in [5.41, 5.74) is 5.81. The smallest absolute Gasteiger partial charge is 0.267 e. The average Bonchev–Trinajstić information content (AvgIpc) is 2.47. The van der Waals surface area contributed by atoms with E-state index >= 15 is 0 Å². The van der Waals surface area contributed by atoms with Gasteiger partial charge in [0.2, 0.25) is 0 Å². The summed E-state index contributed by atoms with van der Waals surface area (Å²) in [4.78, 5) is 14.7. The summed E-state index contributed by atoms with van der Waals surface area (Å²) < 4.78 is 0. The normalized spacial score (nSPS) is 16.7. The van der Waals surface area contributed by atoms with Crippen molar-refractivity contribution in [2.24, 2.45) is 0 Å². The minimum atomic E-state index is -0.0295. The summed E-state index contributed by atoms with van der Waals surface area (Å²) in [5.74, 6) is -0.0295. The minimum Gasteiger partial charge on any atom is -0.384 e. The van der Waals surface area contributed by atoms with Crippen molar-refractivity contribution in [1.29, 1.82) is 0 Å². The van der Waals surface area contributed by atoms with Crippen molar-refractivity contribution < 1.29 is 4.79 Å². The number of nitrogens with zero attached hydrogens (tertiary/aromatic N) is 2. The lowest BCUT2D eigenvalue weighted by atomic mass is 10.1. The van der Waals surface area contributed by atoms with Gasteiger partial charge in [-0.3, -0.25) is 10.2 Å². The van der Waals surface area contributed by atoms with Crippen molar-refractivity contribution in [3.8, 4) is 0 Å². The number of piperazine rings is 1. The van der Waals surface area contributed by atoms with Gasteiger partial charge in [-0.25, -0.2) is 5.01 Å². The van der Waals surface area contributed by atoms with Crippen molar-refractivity contribution in [2.45, 2.75) is 20.3 Å². The van der Waals surface area contributed by atoms with Gasteiger partial charge < -0.3 is 10.2 Å². The predicted octanol–water partition coefficient (Wildman–Crippen LogP) is 1.71. The number of hydrogen-bond acceptors (Lipinski definition) is 4. The molecular weight excluding hydrogens is 264 g/mol.